The van der Waals surface area contributed by atoms with Gasteiger partial charge in [0.15, 0.2) is 7.71 Å². The van der Waals surface area contributed by atoms with Crippen LogP contribution in [0.1, 0.15) is 0 Å². The Morgan fingerprint density at radius 1 is 1.25 bits per heavy atom. The molecule has 1 atom stereocenters. The van der Waals surface area contributed by atoms with Crippen LogP contribution in [-0.2, 0) is 0 Å². The van der Waals surface area contributed by atoms with Gasteiger partial charge in [0, 0.05) is 0 Å². The fraction of sp³-hybridized carbons (Fsp3) is 1.00. The smallest absolute Gasteiger partial charge is 0.216 e. The summed E-state index contributed by atoms with van der Waals surface area (Å²) in [6, 6.07) is 0. The van der Waals surface area contributed by atoms with Gasteiger partial charge in [0.2, 0.25) is 14.0 Å². The van der Waals surface area contributed by atoms with E-state index in [4.69, 9.17) is 5.16 Å². The van der Waals surface area contributed by atoms with Crippen LogP contribution in [0, 0.1) is 5.16 Å². The van der Waals surface area contributed by atoms with Gasteiger partial charge in [-0.3, -0.25) is 0 Å². The van der Waals surface area contributed by atoms with Crippen LogP contribution < -0.4 is 0 Å². The fourth-order valence-corrected chi connectivity index (χ4v) is 6.44. The molecule has 0 radical (unpaired) electrons. The van der Waals surface area contributed by atoms with Crippen LogP contribution in [-0.4, -0.2) is 39.6 Å². The van der Waals surface area contributed by atoms with Crippen molar-refractivity contribution in [2.24, 2.45) is 9.26 Å². The second-order valence-electron chi connectivity index (χ2n) is 3.25. The number of nitrogens with zero attached hydrogens (tertiary/aromatic N) is 2. The lowest BCUT2D eigenvalue weighted by Crippen LogP contribution is -1.72. The summed E-state index contributed by atoms with van der Waals surface area (Å²) in [6.45, 7) is 10.5. The van der Waals surface area contributed by atoms with E-state index in [1.807, 2.05) is 6.66 Å². The van der Waals surface area contributed by atoms with E-state index in [1.165, 1.54) is 0 Å². The molecular formula is C6H18N3P3+2. The van der Waals surface area contributed by atoms with Gasteiger partial charge in [0.05, 0.1) is 0 Å². The first-order chi connectivity index (χ1) is 5.33. The minimum Gasteiger partial charge on any atom is -0.230 e. The van der Waals surface area contributed by atoms with Crippen molar-refractivity contribution >= 4 is 22.6 Å². The molecule has 0 fully saturated rings. The molecule has 70 valence electrons. The van der Waals surface area contributed by atoms with Gasteiger partial charge in [-0.05, 0) is 13.3 Å². The zero-order chi connectivity index (χ0) is 9.78. The van der Waals surface area contributed by atoms with Crippen molar-refractivity contribution in [1.82, 2.24) is 0 Å². The third-order valence-electron chi connectivity index (χ3n) is 1.02. The van der Waals surface area contributed by atoms with Gasteiger partial charge in [-0.1, -0.05) is 4.52 Å². The molecule has 0 aliphatic heterocycles. The molecule has 0 aliphatic rings. The summed E-state index contributed by atoms with van der Waals surface area (Å²) < 4.78 is 9.12. The van der Waals surface area contributed by atoms with Crippen LogP contribution in [0.3, 0.4) is 0 Å². The Balaban J connectivity index is 4.49. The minimum absolute atomic E-state index is 0.193. The quantitative estimate of drug-likeness (QED) is 0.702. The number of rotatable bonds is 3. The molecule has 0 rings (SSSR count). The second kappa shape index (κ2) is 5.22. The van der Waals surface area contributed by atoms with Gasteiger partial charge < -0.3 is 0 Å². The Labute approximate surface area is 77.2 Å². The molecule has 1 unspecified atom stereocenters. The highest BCUT2D eigenvalue weighted by Crippen LogP contribution is 2.48. The number of hydrogen-bond acceptors (Lipinski definition) is 2. The van der Waals surface area contributed by atoms with E-state index < -0.39 is 14.9 Å². The van der Waals surface area contributed by atoms with Crippen LogP contribution in [0.5, 0.6) is 0 Å². The highest BCUT2D eigenvalue weighted by Gasteiger charge is 2.09. The third kappa shape index (κ3) is 7.10. The van der Waals surface area contributed by atoms with Gasteiger partial charge in [0.25, 0.3) is 0 Å². The maximum Gasteiger partial charge on any atom is 0.216 e. The van der Waals surface area contributed by atoms with Crippen molar-refractivity contribution in [2.75, 3.05) is 39.6 Å². The first-order valence-electron chi connectivity index (χ1n) is 3.69. The topological polar surface area (TPSA) is 48.6 Å². The molecule has 1 N–H and O–H groups in total. The van der Waals surface area contributed by atoms with Gasteiger partial charge in [0.1, 0.15) is 27.2 Å². The van der Waals surface area contributed by atoms with E-state index in [0.29, 0.717) is 6.29 Å². The van der Waals surface area contributed by atoms with Crippen molar-refractivity contribution < 1.29 is 0 Å². The summed E-state index contributed by atoms with van der Waals surface area (Å²) in [5.74, 6) is 0. The van der Waals surface area contributed by atoms with Crippen molar-refractivity contribution in [2.45, 2.75) is 0 Å². The molecule has 12 heavy (non-hydrogen) atoms. The van der Waals surface area contributed by atoms with Crippen LogP contribution in [0.25, 0.3) is 0 Å². The molecule has 0 amide bonds. The predicted octanol–water partition coefficient (Wildman–Crippen LogP) is 4.12. The molecule has 0 saturated carbocycles. The first kappa shape index (κ1) is 12.4. The summed E-state index contributed by atoms with van der Waals surface area (Å²) >= 11 is 0. The molecule has 0 bridgehead atoms. The predicted molar refractivity (Wildman–Crippen MR) is 62.8 cm³/mol. The van der Waals surface area contributed by atoms with Crippen LogP contribution in [0.2, 0.25) is 0 Å². The molecule has 0 heterocycles. The van der Waals surface area contributed by atoms with Gasteiger partial charge in [-0.2, -0.15) is 0 Å². The Hall–Kier alpha value is 0.430. The third-order valence-corrected chi connectivity index (χ3v) is 5.82. The molecule has 3 nitrogen and oxygen atoms in total. The summed E-state index contributed by atoms with van der Waals surface area (Å²) in [6.07, 6.45) is 0.697. The van der Waals surface area contributed by atoms with Crippen molar-refractivity contribution in [3.05, 3.63) is 0 Å². The Bertz CT molecular complexity index is 247. The second-order valence-corrected chi connectivity index (χ2v) is 10.3. The summed E-state index contributed by atoms with van der Waals surface area (Å²) in [4.78, 5) is 0. The van der Waals surface area contributed by atoms with Crippen LogP contribution >= 0.6 is 22.6 Å². The molecule has 6 heteroatoms. The molecule has 0 aromatic rings. The summed E-state index contributed by atoms with van der Waals surface area (Å²) in [7, 11) is -2.20. The summed E-state index contributed by atoms with van der Waals surface area (Å²) in [5, 5.41) is 7.39. The van der Waals surface area contributed by atoms with Crippen molar-refractivity contribution in [1.29, 1.82) is 5.16 Å². The highest BCUT2D eigenvalue weighted by atomic mass is 31.2. The number of hydrogen-bond donors (Lipinski definition) is 1. The van der Waals surface area contributed by atoms with E-state index in [0.717, 1.165) is 0 Å². The minimum atomic E-state index is -1.38. The van der Waals surface area contributed by atoms with E-state index >= 15 is 0 Å². The standard InChI is InChI=1S/C6H18N3P3/c1-10(2)9-12(4,5)8-6-11(3)7/h7H,6H2,1-5H3/q+2. The Morgan fingerprint density at radius 3 is 2.08 bits per heavy atom. The zero-order valence-corrected chi connectivity index (χ0v) is 11.1. The lowest BCUT2D eigenvalue weighted by atomic mass is 11.5. The van der Waals surface area contributed by atoms with Crippen LogP contribution in [0.15, 0.2) is 9.26 Å². The van der Waals surface area contributed by atoms with Gasteiger partial charge in [-0.25, -0.2) is 4.74 Å². The zero-order valence-electron chi connectivity index (χ0n) is 8.44. The van der Waals surface area contributed by atoms with Crippen LogP contribution in [0.4, 0.5) is 0 Å². The highest BCUT2D eigenvalue weighted by molar-refractivity contribution is 7.69. The van der Waals surface area contributed by atoms with Crippen molar-refractivity contribution in [3.63, 3.8) is 0 Å². The summed E-state index contributed by atoms with van der Waals surface area (Å²) in [5.41, 5.74) is 0. The van der Waals surface area contributed by atoms with Gasteiger partial charge >= 0.3 is 0 Å². The maximum absolute atomic E-state index is 7.39. The molecule has 0 aromatic carbocycles. The molecular weight excluding hydrogens is 207 g/mol. The first-order valence-corrected chi connectivity index (χ1v) is 10.4. The average Bonchev–Trinajstić information content (AvgIpc) is 1.81. The Morgan fingerprint density at radius 2 is 1.75 bits per heavy atom. The molecule has 0 aromatic heterocycles. The SMILES string of the molecule is C[P+](=N)CN=P(C)(C)N=[P+](C)C. The largest absolute Gasteiger partial charge is 0.230 e. The fourth-order valence-electron chi connectivity index (χ4n) is 0.716. The van der Waals surface area contributed by atoms with Gasteiger partial charge in [-0.15, -0.1) is 5.16 Å². The molecule has 0 spiro atoms. The van der Waals surface area contributed by atoms with E-state index in [-0.39, 0.29) is 7.71 Å². The lowest BCUT2D eigenvalue weighted by Gasteiger charge is -1.99. The molecule has 0 aliphatic carbocycles. The Kier molecular flexibility index (Phi) is 5.41. The maximum atomic E-state index is 7.39. The monoisotopic (exact) mass is 225 g/mol. The normalized spacial score (nSPS) is 12.2. The average molecular weight is 225 g/mol. The van der Waals surface area contributed by atoms with E-state index in [2.05, 4.69) is 35.9 Å². The molecule has 0 saturated heterocycles. The lowest BCUT2D eigenvalue weighted by molar-refractivity contribution is 1.36. The van der Waals surface area contributed by atoms with E-state index in [9.17, 15) is 0 Å². The van der Waals surface area contributed by atoms with Crippen molar-refractivity contribution in [3.8, 4) is 0 Å². The van der Waals surface area contributed by atoms with E-state index in [1.54, 1.807) is 0 Å². The number of nitrogens with one attached hydrogen (secondary N) is 1.